The van der Waals surface area contributed by atoms with Crippen LogP contribution < -0.4 is 16.6 Å². The van der Waals surface area contributed by atoms with Gasteiger partial charge in [0.05, 0.1) is 29.7 Å². The van der Waals surface area contributed by atoms with Crippen molar-refractivity contribution < 1.29 is 41.7 Å². The van der Waals surface area contributed by atoms with E-state index in [0.717, 1.165) is 80.9 Å². The molecule has 0 bridgehead atoms. The van der Waals surface area contributed by atoms with Crippen LogP contribution in [0.1, 0.15) is 178 Å². The van der Waals surface area contributed by atoms with Crippen LogP contribution in [0.4, 0.5) is 0 Å². The highest BCUT2D eigenvalue weighted by Gasteiger charge is 2.61. The fraction of sp³-hybridized carbons (Fsp3) is 0.760. The molecule has 16 nitrogen and oxygen atoms in total. The van der Waals surface area contributed by atoms with Crippen molar-refractivity contribution in [3.8, 4) is 0 Å². The number of likely N-dealkylation sites (tertiary alicyclic amines) is 1. The van der Waals surface area contributed by atoms with Gasteiger partial charge < -0.3 is 33.9 Å². The van der Waals surface area contributed by atoms with Crippen LogP contribution in [0.25, 0.3) is 0 Å². The third-order valence-corrected chi connectivity index (χ3v) is 17.0. The molecule has 7 rings (SSSR count). The third-order valence-electron chi connectivity index (χ3n) is 14.9. The van der Waals surface area contributed by atoms with E-state index in [9.17, 15) is 27.6 Å². The Bertz CT molecular complexity index is 2270. The molecular weight excluding hydrogens is 879 g/mol. The Morgan fingerprint density at radius 3 is 1.97 bits per heavy atom. The summed E-state index contributed by atoms with van der Waals surface area (Å²) in [5.74, 6) is -1.67. The highest BCUT2D eigenvalue weighted by molar-refractivity contribution is 7.89. The molecule has 1 aromatic carbocycles. The lowest BCUT2D eigenvalue weighted by Gasteiger charge is -2.40. The average molecular weight is 956 g/mol. The fourth-order valence-corrected chi connectivity index (χ4v) is 13.3. The van der Waals surface area contributed by atoms with Gasteiger partial charge in [-0.05, 0) is 73.5 Å². The zero-order valence-electron chi connectivity index (χ0n) is 41.5. The van der Waals surface area contributed by atoms with Crippen LogP contribution in [0.2, 0.25) is 0 Å². The first-order valence-corrected chi connectivity index (χ1v) is 26.4. The topological polar surface area (TPSA) is 177 Å². The Kier molecular flexibility index (Phi) is 16.3. The van der Waals surface area contributed by atoms with Gasteiger partial charge in [-0.15, -0.1) is 0 Å². The molecule has 2 aromatic rings. The van der Waals surface area contributed by atoms with E-state index in [1.54, 1.807) is 36.5 Å². The van der Waals surface area contributed by atoms with E-state index in [4.69, 9.17) is 23.7 Å². The Morgan fingerprint density at radius 2 is 1.42 bits per heavy atom. The number of benzene rings is 1. The number of aryl methyl sites for hydroxylation is 1. The first-order chi connectivity index (χ1) is 31.8. The average Bonchev–Trinajstić information content (AvgIpc) is 3.59. The highest BCUT2D eigenvalue weighted by atomic mass is 32.2. The minimum absolute atomic E-state index is 0.0121. The maximum absolute atomic E-state index is 14.3. The van der Waals surface area contributed by atoms with Gasteiger partial charge >= 0.3 is 5.69 Å². The molecule has 17 heteroatoms. The van der Waals surface area contributed by atoms with Crippen molar-refractivity contribution in [3.63, 3.8) is 0 Å². The molecule has 3 saturated heterocycles. The molecule has 5 aliphatic rings. The second-order valence-electron chi connectivity index (χ2n) is 20.6. The molecule has 2 amide bonds. The number of methoxy groups -OCH3 is 2. The molecule has 0 spiro atoms. The predicted octanol–water partition coefficient (Wildman–Crippen LogP) is 6.56. The quantitative estimate of drug-likeness (QED) is 0.0864. The Hall–Kier alpha value is -3.45. The van der Waals surface area contributed by atoms with Crippen molar-refractivity contribution in [1.82, 2.24) is 23.7 Å². The highest BCUT2D eigenvalue weighted by Crippen LogP contribution is 2.46. The van der Waals surface area contributed by atoms with Crippen molar-refractivity contribution in [2.75, 3.05) is 40.5 Å². The molecule has 67 heavy (non-hydrogen) atoms. The minimum atomic E-state index is -3.80. The van der Waals surface area contributed by atoms with E-state index in [-0.39, 0.29) is 74.2 Å². The van der Waals surface area contributed by atoms with Crippen molar-refractivity contribution in [3.05, 3.63) is 61.4 Å². The number of nitrogens with zero attached hydrogens (tertiary/aromatic N) is 4. The number of sulfonamides is 1. The summed E-state index contributed by atoms with van der Waals surface area (Å²) in [7, 11) is -0.442. The van der Waals surface area contributed by atoms with Gasteiger partial charge in [0.2, 0.25) is 21.8 Å². The summed E-state index contributed by atoms with van der Waals surface area (Å²) < 4.78 is 64.5. The van der Waals surface area contributed by atoms with E-state index in [0.29, 0.717) is 36.4 Å². The molecule has 4 heterocycles. The molecule has 1 N–H and O–H groups in total. The van der Waals surface area contributed by atoms with Crippen molar-refractivity contribution in [2.45, 2.75) is 210 Å². The smallest absolute Gasteiger partial charge is 0.333 e. The Morgan fingerprint density at radius 1 is 0.836 bits per heavy atom. The van der Waals surface area contributed by atoms with Crippen molar-refractivity contribution >= 4 is 21.8 Å². The summed E-state index contributed by atoms with van der Waals surface area (Å²) in [6.07, 6.45) is 9.84. The lowest BCUT2D eigenvalue weighted by molar-refractivity contribution is -0.282. The molecule has 2 saturated carbocycles. The molecule has 2 aliphatic carbocycles. The number of aromatic nitrogens is 2. The first-order valence-electron chi connectivity index (χ1n) is 25.0. The van der Waals surface area contributed by atoms with Gasteiger partial charge in [0, 0.05) is 97.1 Å². The van der Waals surface area contributed by atoms with Crippen LogP contribution in [0.3, 0.4) is 0 Å². The Balaban J connectivity index is 0.918. The lowest BCUT2D eigenvalue weighted by atomic mass is 9.89. The number of piperazine rings is 1. The lowest BCUT2D eigenvalue weighted by Crippen LogP contribution is -2.45. The van der Waals surface area contributed by atoms with Crippen molar-refractivity contribution in [2.24, 2.45) is 0 Å². The van der Waals surface area contributed by atoms with Gasteiger partial charge in [0.1, 0.15) is 12.3 Å². The second kappa shape index (κ2) is 21.3. The molecule has 3 aliphatic heterocycles. The summed E-state index contributed by atoms with van der Waals surface area (Å²) in [6.45, 7) is 15.1. The van der Waals surface area contributed by atoms with E-state index in [1.165, 1.54) is 9.13 Å². The number of nitrogens with one attached hydrogen (secondary N) is 1. The molecule has 0 radical (unpaired) electrons. The first kappa shape index (κ1) is 51.4. The van der Waals surface area contributed by atoms with E-state index in [1.807, 2.05) is 39.8 Å². The zero-order chi connectivity index (χ0) is 48.4. The number of hydrogen-bond acceptors (Lipinski definition) is 11. The summed E-state index contributed by atoms with van der Waals surface area (Å²) in [6, 6.07) is 3.51. The van der Waals surface area contributed by atoms with Crippen LogP contribution >= 0.6 is 0 Å². The molecule has 374 valence electrons. The number of ether oxygens (including phenoxy) is 5. The van der Waals surface area contributed by atoms with Crippen LogP contribution in [0.5, 0.6) is 0 Å². The number of amides is 2. The number of fused-ring (bicyclic) bond motifs is 1. The standard InChI is InChI=1S/C50H77N5O11S/c1-32(2)36-25-37(33(3)4)46(38(26-36)34(5)6)67(60,61)55-39-29-52(30-40(39)55)44(57)18-17-43(56)51-23-16-24-53-47(58)35(7)28-54(48(53)59)45-27-41(66-50(63-9)21-14-11-15-22-50)42(65-45)31-64-49(62-8)19-12-10-13-20-49/h25-26,28,32-34,39-42,45H,10-24,27,29-31H2,1-9H3,(H,51,56)/t39?,40?,41-,42+,45+,55?/m0/s1. The summed E-state index contributed by atoms with van der Waals surface area (Å²) >= 11 is 0. The van der Waals surface area contributed by atoms with Gasteiger partial charge in [-0.2, -0.15) is 4.31 Å². The minimum Gasteiger partial charge on any atom is -0.356 e. The number of carbonyl (C=O) groups is 2. The van der Waals surface area contributed by atoms with Crippen LogP contribution in [-0.4, -0.2) is 115 Å². The maximum Gasteiger partial charge on any atom is 0.333 e. The molecule has 5 atom stereocenters. The largest absolute Gasteiger partial charge is 0.356 e. The molecule has 5 fully saturated rings. The van der Waals surface area contributed by atoms with Crippen LogP contribution in [0, 0.1) is 6.92 Å². The molecule has 1 aromatic heterocycles. The number of hydrogen-bond donors (Lipinski definition) is 1. The monoisotopic (exact) mass is 956 g/mol. The van der Waals surface area contributed by atoms with E-state index < -0.39 is 51.3 Å². The summed E-state index contributed by atoms with van der Waals surface area (Å²) in [5, 5.41) is 2.83. The van der Waals surface area contributed by atoms with Crippen molar-refractivity contribution in [1.29, 1.82) is 0 Å². The Labute approximate surface area is 397 Å². The van der Waals surface area contributed by atoms with Crippen LogP contribution in [0.15, 0.2) is 32.8 Å². The predicted molar refractivity (Wildman–Crippen MR) is 253 cm³/mol. The summed E-state index contributed by atoms with van der Waals surface area (Å²) in [4.78, 5) is 55.7. The van der Waals surface area contributed by atoms with Gasteiger partial charge in [0.25, 0.3) is 5.56 Å². The summed E-state index contributed by atoms with van der Waals surface area (Å²) in [5.41, 5.74) is 2.24. The normalized spacial score (nSPS) is 25.8. The van der Waals surface area contributed by atoms with Gasteiger partial charge in [0.15, 0.2) is 11.6 Å². The SMILES string of the molecule is COC1(OC[C@H]2O[C@@H](n3cc(C)c(=O)n(CCCNC(=O)CCC(=O)N4CC5C(C4)N5S(=O)(=O)c4c(C(C)C)cc(C(C)C)cc4C(C)C)c3=O)C[C@@H]2OC2(OC)CCCCC2)CCCCC1. The molecule has 2 unspecified atom stereocenters. The maximum atomic E-state index is 14.3. The number of rotatable bonds is 20. The van der Waals surface area contributed by atoms with Crippen LogP contribution in [-0.2, 0) is 49.8 Å². The molecular formula is C50H77N5O11S. The van der Waals surface area contributed by atoms with E-state index >= 15 is 0 Å². The van der Waals surface area contributed by atoms with Gasteiger partial charge in [-0.3, -0.25) is 23.5 Å². The fourth-order valence-electron chi connectivity index (χ4n) is 10.8. The zero-order valence-corrected chi connectivity index (χ0v) is 42.3. The third kappa shape index (κ3) is 11.1. The van der Waals surface area contributed by atoms with Gasteiger partial charge in [-0.25, -0.2) is 13.2 Å². The van der Waals surface area contributed by atoms with Gasteiger partial charge in [-0.1, -0.05) is 66.5 Å². The second-order valence-corrected chi connectivity index (χ2v) is 22.4. The van der Waals surface area contributed by atoms with E-state index in [2.05, 4.69) is 19.2 Å². The number of carbonyl (C=O) groups excluding carboxylic acids is 2.